The first-order valence-electron chi connectivity index (χ1n) is 28.3. The molecule has 0 saturated carbocycles. The standard InChI is InChI=1S/C42H70O35.C6H10N4O2/c43-1-8-29-15(50)22(57)36(64-8)72-30-9(2-44)66-38(24(59)17(30)52)74-32-11(4-46)68-40(26(61)19(32)54)76-34-13(6-48)70-42(28(63)21(34)56)77-35-14(7-49)69-41(27(62)20(35)55)75-33-12(5-47)67-39(25(60)18(33)53)73-31-10(3-45)65-37(71-29)23(58)16(31)51;7-1-2-10(8-11)9-3-5-12-6-4-9/h8-63H,1-7H2;2-6H2/t8-,9-,10-,11-,12-,13-,14-,15-,16-,17-,18-,19+,20+,21+,22-,23-,24-,25-,26+,27-,28+,29-,30-,31-,32-,33-,34-,35-,36-,37-,38-,39-,40-,41-,42-;/m1./s1. The second kappa shape index (κ2) is 32.2. The lowest BCUT2D eigenvalue weighted by atomic mass is 9.95. The lowest BCUT2D eigenvalue weighted by Gasteiger charge is -2.50. The van der Waals surface area contributed by atoms with E-state index in [9.17, 15) is 112 Å². The average molecular weight is 1310 g/mol. The van der Waals surface area contributed by atoms with Crippen molar-refractivity contribution in [1.29, 1.82) is 5.26 Å². The molecule has 22 saturated heterocycles. The fourth-order valence-corrected chi connectivity index (χ4v) is 11.4. The molecule has 514 valence electrons. The Kier molecular flexibility index (Phi) is 26.2. The highest BCUT2D eigenvalue weighted by Gasteiger charge is 2.59. The van der Waals surface area contributed by atoms with Crippen LogP contribution in [-0.4, -0.2) is 411 Å². The number of aliphatic hydroxyl groups excluding tert-OH is 21. The SMILES string of the molecule is N#CCN(N=O)N1CCOCC1.OC[C@H]1O[C@@H]2O[C@H]3[C@H](O)[C@@H](O)[C@@H](O[C@H]4[C@@H](O)[C@H](O)[C@@H](O[C@H]5[C@@H](O)[C@H](O)[C@@H](O[C@H]6[C@@H](O)[C@@H](O)[C@@H](O[C@H]7[C@H](O)[C@@H](O)[C@@H](O[C@H]8[C@H](O)[C@@H](O)[C@@H](O[C@H]1[C@H](O)[C@H]2O)O[C@@H]8CO)O[C@@H]7CO)O[C@@H]6CO)O[C@@H]5CO)O[C@@H]4CO)O[C@@H]3CO. The van der Waals surface area contributed by atoms with Crippen LogP contribution in [0.4, 0.5) is 0 Å². The Balaban J connectivity index is 0.000000763. The predicted octanol–water partition coefficient (Wildman–Crippen LogP) is -15.5. The first kappa shape index (κ1) is 72.2. The van der Waals surface area contributed by atoms with Crippen LogP contribution in [0.5, 0.6) is 0 Å². The van der Waals surface area contributed by atoms with Crippen molar-refractivity contribution in [2.75, 3.05) is 79.1 Å². The van der Waals surface area contributed by atoms with E-state index in [1.54, 1.807) is 5.01 Å². The molecule has 22 aliphatic rings. The second-order valence-electron chi connectivity index (χ2n) is 22.0. The van der Waals surface area contributed by atoms with E-state index in [-0.39, 0.29) is 6.54 Å². The number of nitrogens with zero attached hydrogens (tertiary/aromatic N) is 4. The van der Waals surface area contributed by atoms with Crippen molar-refractivity contribution in [2.45, 2.75) is 215 Å². The molecule has 41 nitrogen and oxygen atoms in total. The van der Waals surface area contributed by atoms with Crippen LogP contribution in [0.2, 0.25) is 0 Å². The molecule has 0 spiro atoms. The van der Waals surface area contributed by atoms with Gasteiger partial charge in [-0.1, -0.05) is 0 Å². The summed E-state index contributed by atoms with van der Waals surface area (Å²) in [5, 5.41) is 244. The zero-order valence-electron chi connectivity index (χ0n) is 46.9. The van der Waals surface area contributed by atoms with Gasteiger partial charge >= 0.3 is 0 Å². The first-order chi connectivity index (χ1) is 42.5. The summed E-state index contributed by atoms with van der Waals surface area (Å²) < 4.78 is 84.5. The fourth-order valence-electron chi connectivity index (χ4n) is 11.4. The van der Waals surface area contributed by atoms with Gasteiger partial charge in [-0.05, 0) is 0 Å². The summed E-state index contributed by atoms with van der Waals surface area (Å²) in [7, 11) is 0. The topological polar surface area (TPSA) is 623 Å². The third kappa shape index (κ3) is 15.4. The molecule has 0 radical (unpaired) electrons. The van der Waals surface area contributed by atoms with Crippen molar-refractivity contribution in [3.05, 3.63) is 4.91 Å². The van der Waals surface area contributed by atoms with Crippen LogP contribution < -0.4 is 0 Å². The minimum Gasteiger partial charge on any atom is -0.394 e. The summed E-state index contributed by atoms with van der Waals surface area (Å²) in [4.78, 5) is 10.2. The summed E-state index contributed by atoms with van der Waals surface area (Å²) in [6, 6.07) is 1.87. The lowest BCUT2D eigenvalue weighted by Crippen LogP contribution is -2.68. The van der Waals surface area contributed by atoms with E-state index in [1.807, 2.05) is 6.07 Å². The normalized spacial score (nSPS) is 50.4. The van der Waals surface area contributed by atoms with Crippen LogP contribution >= 0.6 is 0 Å². The zero-order chi connectivity index (χ0) is 64.9. The molecule has 21 N–H and O–H groups in total. The monoisotopic (exact) mass is 1300 g/mol. The van der Waals surface area contributed by atoms with Crippen molar-refractivity contribution < 1.29 is 178 Å². The van der Waals surface area contributed by atoms with E-state index >= 15 is 0 Å². The van der Waals surface area contributed by atoms with Crippen LogP contribution in [0.1, 0.15) is 0 Å². The van der Waals surface area contributed by atoms with Gasteiger partial charge in [0.25, 0.3) is 0 Å². The van der Waals surface area contributed by atoms with Crippen molar-refractivity contribution in [3.8, 4) is 6.07 Å². The van der Waals surface area contributed by atoms with Gasteiger partial charge < -0.3 is 178 Å². The number of nitroso groups, excluding NO2 is 1. The van der Waals surface area contributed by atoms with E-state index in [2.05, 4.69) is 5.29 Å². The van der Waals surface area contributed by atoms with Crippen molar-refractivity contribution in [1.82, 2.24) is 10.1 Å². The summed E-state index contributed by atoms with van der Waals surface area (Å²) in [6.45, 7) is -4.93. The van der Waals surface area contributed by atoms with Crippen molar-refractivity contribution >= 4 is 0 Å². The first-order valence-corrected chi connectivity index (χ1v) is 28.3. The largest absolute Gasteiger partial charge is 0.394 e. The van der Waals surface area contributed by atoms with E-state index in [4.69, 9.17) is 76.3 Å². The van der Waals surface area contributed by atoms with Gasteiger partial charge in [-0.2, -0.15) is 15.4 Å². The quantitative estimate of drug-likeness (QED) is 0.0549. The smallest absolute Gasteiger partial charge is 0.187 e. The maximum Gasteiger partial charge on any atom is 0.187 e. The Morgan fingerprint density at radius 2 is 0.506 bits per heavy atom. The Morgan fingerprint density at radius 1 is 0.326 bits per heavy atom. The van der Waals surface area contributed by atoms with Crippen LogP contribution in [0.3, 0.4) is 0 Å². The molecular weight excluding hydrogens is 1220 g/mol. The maximum absolute atomic E-state index is 11.3. The molecule has 41 heteroatoms. The highest BCUT2D eigenvalue weighted by molar-refractivity contribution is 5.02. The molecule has 22 heterocycles. The molecule has 35 atom stereocenters. The highest BCUT2D eigenvalue weighted by Crippen LogP contribution is 2.39. The van der Waals surface area contributed by atoms with Crippen LogP contribution in [0.25, 0.3) is 0 Å². The van der Waals surface area contributed by atoms with Crippen molar-refractivity contribution in [3.63, 3.8) is 0 Å². The van der Waals surface area contributed by atoms with Crippen LogP contribution in [0, 0.1) is 16.2 Å². The number of rotatable bonds is 10. The van der Waals surface area contributed by atoms with Gasteiger partial charge in [0.05, 0.1) is 70.8 Å². The fraction of sp³-hybridized carbons (Fsp3) is 0.979. The van der Waals surface area contributed by atoms with E-state index < -0.39 is 261 Å². The van der Waals surface area contributed by atoms with Gasteiger partial charge in [0, 0.05) is 13.1 Å². The Bertz CT molecular complexity index is 1840. The Morgan fingerprint density at radius 3 is 0.652 bits per heavy atom. The number of hydrogen-bond donors (Lipinski definition) is 21. The van der Waals surface area contributed by atoms with Crippen LogP contribution in [-0.2, 0) is 71.1 Å². The van der Waals surface area contributed by atoms with Gasteiger partial charge in [0.15, 0.2) is 44.0 Å². The number of nitriles is 1. The van der Waals surface area contributed by atoms with Gasteiger partial charge in [0.2, 0.25) is 0 Å². The zero-order valence-corrected chi connectivity index (χ0v) is 46.9. The molecule has 0 aliphatic carbocycles. The Labute approximate surface area is 503 Å². The van der Waals surface area contributed by atoms with E-state index in [1.165, 1.54) is 0 Å². The van der Waals surface area contributed by atoms with Gasteiger partial charge in [-0.25, -0.2) is 0 Å². The minimum absolute atomic E-state index is 0.00347. The lowest BCUT2D eigenvalue weighted by molar-refractivity contribution is -0.396. The number of morpholine rings is 1. The number of aliphatic hydroxyl groups is 21. The molecule has 22 fully saturated rings. The minimum atomic E-state index is -2.21. The molecule has 22 aliphatic heterocycles. The molecule has 0 aromatic heterocycles. The van der Waals surface area contributed by atoms with Gasteiger partial charge in [0.1, 0.15) is 177 Å². The maximum atomic E-state index is 11.3. The number of hydrazine groups is 1. The third-order valence-corrected chi connectivity index (χ3v) is 16.4. The van der Waals surface area contributed by atoms with Gasteiger partial charge in [-0.15, -0.1) is 4.91 Å². The second-order valence-corrected chi connectivity index (χ2v) is 22.0. The Hall–Kier alpha value is -2.59. The molecule has 22 rings (SSSR count). The molecule has 0 unspecified atom stereocenters. The summed E-state index contributed by atoms with van der Waals surface area (Å²) in [5.41, 5.74) is 0. The summed E-state index contributed by atoms with van der Waals surface area (Å²) in [6.07, 6.45) is -70.2. The van der Waals surface area contributed by atoms with E-state index in [0.717, 1.165) is 5.12 Å². The predicted molar refractivity (Wildman–Crippen MR) is 269 cm³/mol. The van der Waals surface area contributed by atoms with Crippen molar-refractivity contribution in [2.24, 2.45) is 5.29 Å². The van der Waals surface area contributed by atoms with Gasteiger partial charge in [-0.3, -0.25) is 0 Å². The number of ether oxygens (including phenoxy) is 15. The van der Waals surface area contributed by atoms with Crippen LogP contribution in [0.15, 0.2) is 5.29 Å². The summed E-state index contributed by atoms with van der Waals surface area (Å²) >= 11 is 0. The molecule has 0 aromatic carbocycles. The van der Waals surface area contributed by atoms with E-state index in [0.29, 0.717) is 26.3 Å². The average Bonchev–Trinajstić information content (AvgIpc) is 0.922. The number of hydrogen-bond acceptors (Lipinski definition) is 40. The molecule has 89 heavy (non-hydrogen) atoms. The molecule has 0 aromatic rings. The highest BCUT2D eigenvalue weighted by atomic mass is 16.8. The summed E-state index contributed by atoms with van der Waals surface area (Å²) in [5.74, 6) is 0. The molecular formula is C48H80N4O37. The molecule has 0 amide bonds. The molecule has 14 bridgehead atoms. The third-order valence-electron chi connectivity index (χ3n) is 16.4.